The zero-order valence-electron chi connectivity index (χ0n) is 21.9. The number of aromatic nitrogens is 1. The fourth-order valence-corrected chi connectivity index (χ4v) is 11.3. The van der Waals surface area contributed by atoms with Crippen molar-refractivity contribution in [2.24, 2.45) is 29.6 Å². The van der Waals surface area contributed by atoms with E-state index >= 15 is 0 Å². The van der Waals surface area contributed by atoms with Crippen LogP contribution in [0, 0.1) is 33.5 Å². The van der Waals surface area contributed by atoms with E-state index in [4.69, 9.17) is 12.2 Å². The van der Waals surface area contributed by atoms with Gasteiger partial charge in [0.2, 0.25) is 11.8 Å². The number of amides is 2. The number of nitrogens with zero attached hydrogens (tertiary/aromatic N) is 1. The van der Waals surface area contributed by atoms with Gasteiger partial charge in [-0.05, 0) is 71.3 Å². The minimum Gasteiger partial charge on any atom is -0.332 e. The molecule has 3 aromatic carbocycles. The fraction of sp³-hybridized carbons (Fsp3) is 0.281. The Morgan fingerprint density at radius 2 is 1.55 bits per heavy atom. The Morgan fingerprint density at radius 3 is 2.26 bits per heavy atom. The molecular formula is C32H23F3N2O2S3. The average Bonchev–Trinajstić information content (AvgIpc) is 3.72. The summed E-state index contributed by atoms with van der Waals surface area (Å²) in [7, 11) is 0. The lowest BCUT2D eigenvalue weighted by Crippen LogP contribution is -2.42. The van der Waals surface area contributed by atoms with Crippen LogP contribution in [0.4, 0.5) is 18.9 Å². The van der Waals surface area contributed by atoms with Gasteiger partial charge in [-0.1, -0.05) is 60.7 Å². The normalized spacial score (nSPS) is 29.5. The summed E-state index contributed by atoms with van der Waals surface area (Å²) in [4.78, 5) is 33.3. The molecule has 7 unspecified atom stereocenters. The lowest BCUT2D eigenvalue weighted by molar-refractivity contribution is -0.137. The van der Waals surface area contributed by atoms with Gasteiger partial charge in [0, 0.05) is 16.0 Å². The first kappa shape index (κ1) is 26.4. The Hall–Kier alpha value is -3.21. The van der Waals surface area contributed by atoms with Gasteiger partial charge in [0.25, 0.3) is 0 Å². The van der Waals surface area contributed by atoms with Crippen molar-refractivity contribution >= 4 is 52.8 Å². The van der Waals surface area contributed by atoms with Crippen molar-refractivity contribution in [2.75, 3.05) is 4.90 Å². The number of carbonyl (C=O) groups excluding carboxylic acids is 2. The maximum absolute atomic E-state index is 13.9. The highest BCUT2D eigenvalue weighted by atomic mass is 32.2. The second-order valence-corrected chi connectivity index (χ2v) is 14.4. The van der Waals surface area contributed by atoms with Gasteiger partial charge in [-0.15, -0.1) is 23.1 Å². The molecule has 212 valence electrons. The molecule has 0 radical (unpaired) electrons. The van der Waals surface area contributed by atoms with Gasteiger partial charge in [0.05, 0.1) is 28.1 Å². The van der Waals surface area contributed by atoms with E-state index < -0.39 is 23.6 Å². The maximum atomic E-state index is 13.9. The standard InChI is InChI=1S/C32H23F3N2O2S3/c33-32(34,35)18-7-4-8-19(13-18)37-29(38)24-20-14-21(25(24)30(37)39)26-23(20)22(27-28(41-26)36-31(40)42-27)17-11-9-16(10-12-17)15-5-2-1-3-6-15/h1-13,20-26H,14H2,(H,36,40). The van der Waals surface area contributed by atoms with Crippen LogP contribution < -0.4 is 4.90 Å². The van der Waals surface area contributed by atoms with Gasteiger partial charge < -0.3 is 4.98 Å². The van der Waals surface area contributed by atoms with Crippen LogP contribution in [0.1, 0.15) is 28.3 Å². The Balaban J connectivity index is 1.18. The van der Waals surface area contributed by atoms with Crippen LogP contribution in [0.3, 0.4) is 0 Å². The number of hydrogen-bond acceptors (Lipinski definition) is 5. The number of fused-ring (bicyclic) bond motifs is 9. The first-order valence-electron chi connectivity index (χ1n) is 13.8. The average molecular weight is 621 g/mol. The largest absolute Gasteiger partial charge is 0.416 e. The van der Waals surface area contributed by atoms with Crippen molar-refractivity contribution in [2.45, 2.75) is 28.8 Å². The minimum atomic E-state index is -4.57. The van der Waals surface area contributed by atoms with Crippen molar-refractivity contribution in [1.82, 2.24) is 4.98 Å². The van der Waals surface area contributed by atoms with E-state index in [0.29, 0.717) is 3.95 Å². The number of halogens is 3. The lowest BCUT2D eigenvalue weighted by Gasteiger charge is -2.43. The predicted molar refractivity (Wildman–Crippen MR) is 159 cm³/mol. The Bertz CT molecular complexity index is 1800. The third-order valence-electron chi connectivity index (χ3n) is 9.53. The number of hydrogen-bond donors (Lipinski definition) is 1. The molecule has 4 nitrogen and oxygen atoms in total. The number of aromatic amines is 1. The summed E-state index contributed by atoms with van der Waals surface area (Å²) >= 11 is 8.84. The Kier molecular flexibility index (Phi) is 5.91. The smallest absolute Gasteiger partial charge is 0.332 e. The third-order valence-corrected chi connectivity index (χ3v) is 12.5. The molecule has 1 aromatic heterocycles. The summed E-state index contributed by atoms with van der Waals surface area (Å²) < 4.78 is 41.1. The summed E-state index contributed by atoms with van der Waals surface area (Å²) in [5, 5.41) is 1.13. The Morgan fingerprint density at radius 1 is 0.857 bits per heavy atom. The minimum absolute atomic E-state index is 0.000455. The van der Waals surface area contributed by atoms with E-state index in [1.165, 1.54) is 12.1 Å². The zero-order chi connectivity index (χ0) is 28.9. The van der Waals surface area contributed by atoms with Crippen LogP contribution in [0.15, 0.2) is 83.9 Å². The second kappa shape index (κ2) is 9.39. The molecular weight excluding hydrogens is 598 g/mol. The van der Waals surface area contributed by atoms with Crippen molar-refractivity contribution in [3.8, 4) is 11.1 Å². The molecule has 3 fully saturated rings. The van der Waals surface area contributed by atoms with E-state index in [1.807, 2.05) is 18.2 Å². The molecule has 2 bridgehead atoms. The number of alkyl halides is 3. The first-order valence-corrected chi connectivity index (χ1v) is 15.9. The number of imide groups is 1. The molecule has 8 rings (SSSR count). The van der Waals surface area contributed by atoms with E-state index in [-0.39, 0.29) is 46.4 Å². The van der Waals surface area contributed by atoms with Gasteiger partial charge in [-0.3, -0.25) is 14.5 Å². The van der Waals surface area contributed by atoms with E-state index in [9.17, 15) is 22.8 Å². The molecule has 2 aliphatic heterocycles. The van der Waals surface area contributed by atoms with Crippen LogP contribution in [0.2, 0.25) is 0 Å². The number of thioether (sulfide) groups is 1. The quantitative estimate of drug-likeness (QED) is 0.186. The van der Waals surface area contributed by atoms with Gasteiger partial charge in [0.1, 0.15) is 0 Å². The molecule has 2 saturated carbocycles. The van der Waals surface area contributed by atoms with E-state index in [1.54, 1.807) is 23.1 Å². The lowest BCUT2D eigenvalue weighted by atomic mass is 9.68. The number of nitrogens with one attached hydrogen (secondary N) is 1. The highest BCUT2D eigenvalue weighted by Crippen LogP contribution is 2.69. The molecule has 0 spiro atoms. The van der Waals surface area contributed by atoms with Crippen LogP contribution in [0.25, 0.3) is 11.1 Å². The topological polar surface area (TPSA) is 53.2 Å². The third kappa shape index (κ3) is 3.84. The van der Waals surface area contributed by atoms with Crippen LogP contribution in [0.5, 0.6) is 0 Å². The molecule has 4 aromatic rings. The van der Waals surface area contributed by atoms with Crippen LogP contribution in [-0.2, 0) is 15.8 Å². The van der Waals surface area contributed by atoms with Crippen molar-refractivity contribution in [1.29, 1.82) is 0 Å². The molecule has 2 aliphatic carbocycles. The summed E-state index contributed by atoms with van der Waals surface area (Å²) in [6.07, 6.45) is -3.80. The first-order chi connectivity index (χ1) is 20.2. The van der Waals surface area contributed by atoms with Gasteiger partial charge in [-0.25, -0.2) is 0 Å². The Labute approximate surface area is 253 Å². The molecule has 1 saturated heterocycles. The number of thiazole rings is 1. The molecule has 1 N–H and O–H groups in total. The molecule has 42 heavy (non-hydrogen) atoms. The molecule has 7 atom stereocenters. The van der Waals surface area contributed by atoms with Gasteiger partial charge in [-0.2, -0.15) is 13.2 Å². The highest BCUT2D eigenvalue weighted by Gasteiger charge is 2.69. The molecule has 4 aliphatic rings. The van der Waals surface area contributed by atoms with Crippen molar-refractivity contribution in [3.63, 3.8) is 0 Å². The van der Waals surface area contributed by atoms with Gasteiger partial charge in [0.15, 0.2) is 3.95 Å². The van der Waals surface area contributed by atoms with Crippen LogP contribution >= 0.6 is 35.3 Å². The maximum Gasteiger partial charge on any atom is 0.416 e. The second-order valence-electron chi connectivity index (χ2n) is 11.5. The number of carbonyl (C=O) groups is 2. The predicted octanol–water partition coefficient (Wildman–Crippen LogP) is 8.17. The summed E-state index contributed by atoms with van der Waals surface area (Å²) in [5.41, 5.74) is 2.52. The summed E-state index contributed by atoms with van der Waals surface area (Å²) in [6.45, 7) is 0. The van der Waals surface area contributed by atoms with E-state index in [0.717, 1.165) is 50.0 Å². The molecule has 2 amide bonds. The zero-order valence-corrected chi connectivity index (χ0v) is 24.3. The fourth-order valence-electron chi connectivity index (χ4n) is 7.98. The monoisotopic (exact) mass is 620 g/mol. The summed E-state index contributed by atoms with van der Waals surface area (Å²) in [5.74, 6) is -1.76. The van der Waals surface area contributed by atoms with Crippen LogP contribution in [-0.4, -0.2) is 22.0 Å². The number of H-pyrrole nitrogens is 1. The van der Waals surface area contributed by atoms with Gasteiger partial charge >= 0.3 is 6.18 Å². The van der Waals surface area contributed by atoms with E-state index in [2.05, 4.69) is 41.4 Å². The SMILES string of the molecule is O=C1C2C3CC(C2C(=O)N1c1cccc(C(F)(F)F)c1)C1C(c2ccc(-c4ccccc4)cc2)c2sc(=S)[nH]c2SC31. The van der Waals surface area contributed by atoms with Crippen molar-refractivity contribution < 1.29 is 22.8 Å². The van der Waals surface area contributed by atoms with Crippen molar-refractivity contribution in [3.05, 3.63) is 98.8 Å². The molecule has 3 heterocycles. The number of benzene rings is 3. The molecule has 10 heteroatoms. The summed E-state index contributed by atoms with van der Waals surface area (Å²) in [6, 6.07) is 23.3. The highest BCUT2D eigenvalue weighted by molar-refractivity contribution is 8.00. The number of rotatable bonds is 3. The number of anilines is 1.